The average molecular weight is 316 g/mol. The van der Waals surface area contributed by atoms with Gasteiger partial charge in [-0.1, -0.05) is 13.3 Å². The van der Waals surface area contributed by atoms with E-state index in [0.29, 0.717) is 18.2 Å². The van der Waals surface area contributed by atoms with Crippen LogP contribution in [0.4, 0.5) is 0 Å². The molecule has 0 aliphatic heterocycles. The van der Waals surface area contributed by atoms with Gasteiger partial charge in [-0.2, -0.15) is 0 Å². The summed E-state index contributed by atoms with van der Waals surface area (Å²) >= 11 is 3.23. The van der Waals surface area contributed by atoms with Crippen LogP contribution < -0.4 is 5.32 Å². The molecular formula is C14H24N2O2S2. The Kier molecular flexibility index (Phi) is 8.89. The van der Waals surface area contributed by atoms with Crippen LogP contribution in [0.3, 0.4) is 0 Å². The summed E-state index contributed by atoms with van der Waals surface area (Å²) in [4.78, 5) is 16.1. The topological polar surface area (TPSA) is 62.2 Å². The van der Waals surface area contributed by atoms with Crippen LogP contribution in [-0.2, 0) is 10.5 Å². The number of nitrogens with zero attached hydrogens (tertiary/aromatic N) is 1. The van der Waals surface area contributed by atoms with E-state index < -0.39 is 0 Å². The van der Waals surface area contributed by atoms with Gasteiger partial charge in [0, 0.05) is 24.3 Å². The largest absolute Gasteiger partial charge is 0.396 e. The second-order valence-corrected chi connectivity index (χ2v) is 6.87. The van der Waals surface area contributed by atoms with E-state index in [0.717, 1.165) is 35.7 Å². The number of hydrogen-bond donors (Lipinski definition) is 2. The van der Waals surface area contributed by atoms with E-state index in [1.165, 1.54) is 0 Å². The van der Waals surface area contributed by atoms with Crippen molar-refractivity contribution in [1.29, 1.82) is 0 Å². The van der Waals surface area contributed by atoms with Gasteiger partial charge in [0.05, 0.1) is 16.5 Å². The molecule has 1 unspecified atom stereocenters. The summed E-state index contributed by atoms with van der Waals surface area (Å²) in [6, 6.07) is 0. The minimum absolute atomic E-state index is 0.0704. The van der Waals surface area contributed by atoms with Crippen LogP contribution in [0.1, 0.15) is 36.9 Å². The van der Waals surface area contributed by atoms with Crippen molar-refractivity contribution in [2.75, 3.05) is 18.9 Å². The Balaban J connectivity index is 2.16. The van der Waals surface area contributed by atoms with Crippen LogP contribution >= 0.6 is 23.1 Å². The molecule has 1 aromatic heterocycles. The standard InChI is InChI=1S/C14H24N2O2S2/c1-3-4-12(5-6-17)7-15-14(18)10-19-8-13-9-20-11(2)16-13/h9,12,17H,3-8,10H2,1-2H3,(H,15,18). The molecule has 2 N–H and O–H groups in total. The van der Waals surface area contributed by atoms with E-state index in [1.54, 1.807) is 23.1 Å². The van der Waals surface area contributed by atoms with Gasteiger partial charge in [-0.05, 0) is 25.7 Å². The lowest BCUT2D eigenvalue weighted by atomic mass is 10.0. The first-order valence-electron chi connectivity index (χ1n) is 7.02. The van der Waals surface area contributed by atoms with Gasteiger partial charge in [-0.25, -0.2) is 4.98 Å². The highest BCUT2D eigenvalue weighted by Gasteiger charge is 2.09. The summed E-state index contributed by atoms with van der Waals surface area (Å²) in [6.07, 6.45) is 2.89. The van der Waals surface area contributed by atoms with Crippen LogP contribution in [0.2, 0.25) is 0 Å². The number of nitrogens with one attached hydrogen (secondary N) is 1. The van der Waals surface area contributed by atoms with Crippen molar-refractivity contribution >= 4 is 29.0 Å². The van der Waals surface area contributed by atoms with Crippen molar-refractivity contribution in [3.63, 3.8) is 0 Å². The molecule has 1 amide bonds. The number of rotatable bonds is 10. The van der Waals surface area contributed by atoms with E-state index in [9.17, 15) is 4.79 Å². The third-order valence-electron chi connectivity index (χ3n) is 2.97. The molecule has 20 heavy (non-hydrogen) atoms. The van der Waals surface area contributed by atoms with Gasteiger partial charge in [0.15, 0.2) is 0 Å². The Hall–Kier alpha value is -0.590. The molecule has 0 aromatic carbocycles. The van der Waals surface area contributed by atoms with E-state index in [1.807, 2.05) is 12.3 Å². The number of carbonyl (C=O) groups is 1. The monoisotopic (exact) mass is 316 g/mol. The SMILES string of the molecule is CCCC(CCO)CNC(=O)CSCc1csc(C)n1. The Morgan fingerprint density at radius 3 is 2.95 bits per heavy atom. The Bertz CT molecular complexity index is 390. The van der Waals surface area contributed by atoms with E-state index in [4.69, 9.17) is 5.11 Å². The van der Waals surface area contributed by atoms with Crippen molar-refractivity contribution in [3.8, 4) is 0 Å². The molecule has 114 valence electrons. The number of aryl methyl sites for hydroxylation is 1. The van der Waals surface area contributed by atoms with Crippen LogP contribution in [0, 0.1) is 12.8 Å². The van der Waals surface area contributed by atoms with Crippen LogP contribution in [-0.4, -0.2) is 34.9 Å². The van der Waals surface area contributed by atoms with Gasteiger partial charge in [0.2, 0.25) is 5.91 Å². The molecule has 1 aromatic rings. The molecule has 0 radical (unpaired) electrons. The second-order valence-electron chi connectivity index (χ2n) is 4.82. The molecule has 1 heterocycles. The number of hydrogen-bond acceptors (Lipinski definition) is 5. The molecule has 6 heteroatoms. The van der Waals surface area contributed by atoms with E-state index in [-0.39, 0.29) is 12.5 Å². The van der Waals surface area contributed by atoms with E-state index in [2.05, 4.69) is 17.2 Å². The molecule has 0 aliphatic rings. The maximum Gasteiger partial charge on any atom is 0.230 e. The van der Waals surface area contributed by atoms with Crippen molar-refractivity contribution < 1.29 is 9.90 Å². The zero-order valence-corrected chi connectivity index (χ0v) is 13.9. The van der Waals surface area contributed by atoms with Gasteiger partial charge in [0.1, 0.15) is 0 Å². The quantitative estimate of drug-likeness (QED) is 0.696. The Labute approximate surface area is 129 Å². The minimum atomic E-state index is 0.0704. The van der Waals surface area contributed by atoms with Crippen LogP contribution in [0.25, 0.3) is 0 Å². The Morgan fingerprint density at radius 1 is 1.55 bits per heavy atom. The summed E-state index contributed by atoms with van der Waals surface area (Å²) in [7, 11) is 0. The first-order chi connectivity index (χ1) is 9.65. The maximum absolute atomic E-state index is 11.7. The molecule has 1 atom stereocenters. The summed E-state index contributed by atoms with van der Waals surface area (Å²) in [5, 5.41) is 15.0. The predicted octanol–water partition coefficient (Wildman–Crippen LogP) is 2.60. The second kappa shape index (κ2) is 10.2. The zero-order valence-electron chi connectivity index (χ0n) is 12.2. The third kappa shape index (κ3) is 7.26. The van der Waals surface area contributed by atoms with Gasteiger partial charge < -0.3 is 10.4 Å². The molecule has 0 aliphatic carbocycles. The predicted molar refractivity (Wildman–Crippen MR) is 86.1 cm³/mol. The lowest BCUT2D eigenvalue weighted by molar-refractivity contribution is -0.118. The first kappa shape index (κ1) is 17.5. The van der Waals surface area contributed by atoms with Crippen molar-refractivity contribution in [2.24, 2.45) is 5.92 Å². The van der Waals surface area contributed by atoms with E-state index >= 15 is 0 Å². The van der Waals surface area contributed by atoms with Gasteiger partial charge in [-0.15, -0.1) is 23.1 Å². The number of thiazole rings is 1. The summed E-state index contributed by atoms with van der Waals surface area (Å²) in [5.41, 5.74) is 1.05. The number of aliphatic hydroxyl groups excluding tert-OH is 1. The zero-order chi connectivity index (χ0) is 14.8. The fourth-order valence-corrected chi connectivity index (χ4v) is 3.44. The summed E-state index contributed by atoms with van der Waals surface area (Å²) in [5.74, 6) is 1.71. The highest BCUT2D eigenvalue weighted by Crippen LogP contribution is 2.15. The number of carbonyl (C=O) groups excluding carboxylic acids is 1. The fraction of sp³-hybridized carbons (Fsp3) is 0.714. The molecule has 0 spiro atoms. The smallest absolute Gasteiger partial charge is 0.230 e. The van der Waals surface area contributed by atoms with Gasteiger partial charge >= 0.3 is 0 Å². The van der Waals surface area contributed by atoms with Crippen LogP contribution in [0.5, 0.6) is 0 Å². The number of amides is 1. The van der Waals surface area contributed by atoms with Gasteiger partial charge in [-0.3, -0.25) is 4.79 Å². The molecule has 0 saturated carbocycles. The average Bonchev–Trinajstić information content (AvgIpc) is 2.82. The highest BCUT2D eigenvalue weighted by atomic mass is 32.2. The molecule has 4 nitrogen and oxygen atoms in total. The number of aliphatic hydroxyl groups is 1. The van der Waals surface area contributed by atoms with Gasteiger partial charge in [0.25, 0.3) is 0 Å². The molecular weight excluding hydrogens is 292 g/mol. The summed E-state index contributed by atoms with van der Waals surface area (Å²) < 4.78 is 0. The molecule has 0 fully saturated rings. The maximum atomic E-state index is 11.7. The van der Waals surface area contributed by atoms with Crippen LogP contribution in [0.15, 0.2) is 5.38 Å². The first-order valence-corrected chi connectivity index (χ1v) is 9.05. The fourth-order valence-electron chi connectivity index (χ4n) is 1.97. The third-order valence-corrected chi connectivity index (χ3v) is 4.76. The molecule has 1 rings (SSSR count). The summed E-state index contributed by atoms with van der Waals surface area (Å²) in [6.45, 7) is 4.97. The van der Waals surface area contributed by atoms with Crippen molar-refractivity contribution in [3.05, 3.63) is 16.1 Å². The normalized spacial score (nSPS) is 12.3. The number of thioether (sulfide) groups is 1. The Morgan fingerprint density at radius 2 is 2.35 bits per heavy atom. The molecule has 0 bridgehead atoms. The lowest BCUT2D eigenvalue weighted by Gasteiger charge is -2.15. The highest BCUT2D eigenvalue weighted by molar-refractivity contribution is 7.99. The van der Waals surface area contributed by atoms with Crippen molar-refractivity contribution in [1.82, 2.24) is 10.3 Å². The number of aromatic nitrogens is 1. The minimum Gasteiger partial charge on any atom is -0.396 e. The van der Waals surface area contributed by atoms with Crippen molar-refractivity contribution in [2.45, 2.75) is 38.9 Å². The lowest BCUT2D eigenvalue weighted by Crippen LogP contribution is -2.31. The molecule has 0 saturated heterocycles.